The molecule has 0 aliphatic heterocycles. The van der Waals surface area contributed by atoms with Gasteiger partial charge in [0.2, 0.25) is 0 Å². The number of methoxy groups -OCH3 is 1. The van der Waals surface area contributed by atoms with Gasteiger partial charge in [-0.25, -0.2) is 4.39 Å². The molecule has 0 saturated heterocycles. The summed E-state index contributed by atoms with van der Waals surface area (Å²) in [5, 5.41) is 9.01. The van der Waals surface area contributed by atoms with Gasteiger partial charge in [0.15, 0.2) is 11.6 Å². The highest BCUT2D eigenvalue weighted by Gasteiger charge is 2.28. The quantitative estimate of drug-likeness (QED) is 0.929. The van der Waals surface area contributed by atoms with Crippen LogP contribution >= 0.6 is 15.9 Å². The van der Waals surface area contributed by atoms with Crippen molar-refractivity contribution in [3.05, 3.63) is 28.0 Å². The maximum atomic E-state index is 13.6. The summed E-state index contributed by atoms with van der Waals surface area (Å²) in [7, 11) is 1.38. The van der Waals surface area contributed by atoms with Gasteiger partial charge in [-0.05, 0) is 53.9 Å². The van der Waals surface area contributed by atoms with Gasteiger partial charge in [-0.15, -0.1) is 0 Å². The number of hydrogen-bond donors (Lipinski definition) is 1. The van der Waals surface area contributed by atoms with E-state index in [9.17, 15) is 9.18 Å². The second-order valence-corrected chi connectivity index (χ2v) is 5.31. The summed E-state index contributed by atoms with van der Waals surface area (Å²) in [5.74, 6) is -1.29. The van der Waals surface area contributed by atoms with Gasteiger partial charge in [-0.1, -0.05) is 0 Å². The first-order valence-corrected chi connectivity index (χ1v) is 5.82. The third kappa shape index (κ3) is 3.19. The van der Waals surface area contributed by atoms with Gasteiger partial charge in [0.1, 0.15) is 0 Å². The Kier molecular flexibility index (Phi) is 4.14. The molecule has 1 rings (SSSR count). The summed E-state index contributed by atoms with van der Waals surface area (Å²) in [5.41, 5.74) is -0.317. The highest BCUT2D eigenvalue weighted by atomic mass is 79.9. The molecule has 3 nitrogen and oxygen atoms in total. The van der Waals surface area contributed by atoms with Crippen molar-refractivity contribution in [2.45, 2.75) is 20.3 Å². The first-order valence-electron chi connectivity index (χ1n) is 5.03. The van der Waals surface area contributed by atoms with Gasteiger partial charge in [0, 0.05) is 0 Å². The summed E-state index contributed by atoms with van der Waals surface area (Å²) >= 11 is 3.19. The van der Waals surface area contributed by atoms with Crippen LogP contribution in [0.1, 0.15) is 19.4 Å². The molecular weight excluding hydrogens is 291 g/mol. The zero-order valence-electron chi connectivity index (χ0n) is 9.88. The summed E-state index contributed by atoms with van der Waals surface area (Å²) in [6.07, 6.45) is 0.252. The molecule has 0 amide bonds. The topological polar surface area (TPSA) is 46.5 Å². The lowest BCUT2D eigenvalue weighted by Crippen LogP contribution is -2.26. The molecular formula is C12H14BrFO3. The van der Waals surface area contributed by atoms with Crippen molar-refractivity contribution >= 4 is 21.9 Å². The van der Waals surface area contributed by atoms with E-state index in [1.807, 2.05) is 0 Å². The molecule has 0 atom stereocenters. The number of hydrogen-bond acceptors (Lipinski definition) is 2. The summed E-state index contributed by atoms with van der Waals surface area (Å²) in [4.78, 5) is 11.0. The SMILES string of the molecule is COc1c(F)cc(CC(C)(C)C(=O)O)cc1Br. The number of aliphatic carboxylic acids is 1. The van der Waals surface area contributed by atoms with Gasteiger partial charge in [0.05, 0.1) is 17.0 Å². The Morgan fingerprint density at radius 2 is 2.12 bits per heavy atom. The minimum atomic E-state index is -0.930. The molecule has 0 aliphatic carbocycles. The molecule has 0 radical (unpaired) electrons. The van der Waals surface area contributed by atoms with Crippen LogP contribution in [0.4, 0.5) is 4.39 Å². The van der Waals surface area contributed by atoms with E-state index >= 15 is 0 Å². The molecule has 5 heteroatoms. The van der Waals surface area contributed by atoms with Crippen molar-refractivity contribution in [2.75, 3.05) is 7.11 Å². The molecule has 17 heavy (non-hydrogen) atoms. The number of carboxylic acids is 1. The number of carbonyl (C=O) groups is 1. The maximum Gasteiger partial charge on any atom is 0.309 e. The fourth-order valence-electron chi connectivity index (χ4n) is 1.50. The summed E-state index contributed by atoms with van der Waals surface area (Å²) in [6.45, 7) is 3.21. The average molecular weight is 305 g/mol. The molecule has 94 valence electrons. The van der Waals surface area contributed by atoms with E-state index in [1.54, 1.807) is 19.9 Å². The number of carboxylic acid groups (broad SMARTS) is 1. The van der Waals surface area contributed by atoms with E-state index in [-0.39, 0.29) is 12.2 Å². The zero-order valence-corrected chi connectivity index (χ0v) is 11.5. The predicted molar refractivity (Wildman–Crippen MR) is 65.8 cm³/mol. The van der Waals surface area contributed by atoms with Crippen molar-refractivity contribution in [2.24, 2.45) is 5.41 Å². The van der Waals surface area contributed by atoms with E-state index in [0.717, 1.165) is 0 Å². The molecule has 1 aromatic carbocycles. The molecule has 1 aromatic rings. The van der Waals surface area contributed by atoms with Crippen LogP contribution in [0.5, 0.6) is 5.75 Å². The lowest BCUT2D eigenvalue weighted by molar-refractivity contribution is -0.146. The Hall–Kier alpha value is -1.10. The van der Waals surface area contributed by atoms with Crippen LogP contribution in [-0.2, 0) is 11.2 Å². The molecule has 0 aromatic heterocycles. The summed E-state index contributed by atoms with van der Waals surface area (Å²) < 4.78 is 18.9. The molecule has 0 saturated carbocycles. The Morgan fingerprint density at radius 3 is 2.53 bits per heavy atom. The molecule has 0 heterocycles. The zero-order chi connectivity index (χ0) is 13.2. The third-order valence-electron chi connectivity index (χ3n) is 2.49. The Morgan fingerprint density at radius 1 is 1.53 bits per heavy atom. The number of halogens is 2. The van der Waals surface area contributed by atoms with Gasteiger partial charge in [0.25, 0.3) is 0 Å². The van der Waals surface area contributed by atoms with Crippen LogP contribution in [0, 0.1) is 11.2 Å². The van der Waals surface area contributed by atoms with Crippen LogP contribution in [0.2, 0.25) is 0 Å². The molecule has 0 fully saturated rings. The smallest absolute Gasteiger partial charge is 0.309 e. The van der Waals surface area contributed by atoms with Crippen LogP contribution in [-0.4, -0.2) is 18.2 Å². The van der Waals surface area contributed by atoms with Gasteiger partial charge >= 0.3 is 5.97 Å². The molecule has 0 aliphatic rings. The maximum absolute atomic E-state index is 13.6. The number of ether oxygens (including phenoxy) is 1. The van der Waals surface area contributed by atoms with Gasteiger partial charge in [-0.3, -0.25) is 4.79 Å². The monoisotopic (exact) mass is 304 g/mol. The van der Waals surface area contributed by atoms with Crippen LogP contribution in [0.3, 0.4) is 0 Å². The average Bonchev–Trinajstić information content (AvgIpc) is 2.15. The minimum absolute atomic E-state index is 0.127. The predicted octanol–water partition coefficient (Wildman–Crippen LogP) is 3.25. The van der Waals surface area contributed by atoms with E-state index in [4.69, 9.17) is 9.84 Å². The summed E-state index contributed by atoms with van der Waals surface area (Å²) in [6, 6.07) is 2.97. The minimum Gasteiger partial charge on any atom is -0.492 e. The Balaban J connectivity index is 3.06. The van der Waals surface area contributed by atoms with Crippen molar-refractivity contribution in [1.29, 1.82) is 0 Å². The fourth-order valence-corrected chi connectivity index (χ4v) is 2.14. The Bertz CT molecular complexity index is 420. The highest BCUT2D eigenvalue weighted by Crippen LogP contribution is 2.32. The molecule has 0 spiro atoms. The lowest BCUT2D eigenvalue weighted by atomic mass is 9.86. The molecule has 0 bridgehead atoms. The van der Waals surface area contributed by atoms with Crippen LogP contribution in [0.25, 0.3) is 0 Å². The van der Waals surface area contributed by atoms with Crippen LogP contribution < -0.4 is 4.74 Å². The largest absolute Gasteiger partial charge is 0.492 e. The second-order valence-electron chi connectivity index (χ2n) is 4.46. The third-order valence-corrected chi connectivity index (χ3v) is 3.08. The van der Waals surface area contributed by atoms with Gasteiger partial charge in [-0.2, -0.15) is 0 Å². The molecule has 0 unspecified atom stereocenters. The lowest BCUT2D eigenvalue weighted by Gasteiger charge is -2.19. The van der Waals surface area contributed by atoms with E-state index in [0.29, 0.717) is 10.0 Å². The Labute approximate surface area is 108 Å². The number of benzene rings is 1. The van der Waals surface area contributed by atoms with Gasteiger partial charge < -0.3 is 9.84 Å². The first kappa shape index (κ1) is 14.0. The normalized spacial score (nSPS) is 11.4. The van der Waals surface area contributed by atoms with Crippen molar-refractivity contribution in [1.82, 2.24) is 0 Å². The first-order chi connectivity index (χ1) is 7.77. The molecule has 1 N–H and O–H groups in total. The standard InChI is InChI=1S/C12H14BrFO3/c1-12(2,11(15)16)6-7-4-8(13)10(17-3)9(14)5-7/h4-5H,6H2,1-3H3,(H,15,16). The van der Waals surface area contributed by atoms with Crippen molar-refractivity contribution in [3.63, 3.8) is 0 Å². The van der Waals surface area contributed by atoms with E-state index in [1.165, 1.54) is 13.2 Å². The fraction of sp³-hybridized carbons (Fsp3) is 0.417. The van der Waals surface area contributed by atoms with Crippen molar-refractivity contribution < 1.29 is 19.0 Å². The second kappa shape index (κ2) is 5.04. The number of rotatable bonds is 4. The van der Waals surface area contributed by atoms with E-state index < -0.39 is 17.2 Å². The highest BCUT2D eigenvalue weighted by molar-refractivity contribution is 9.10. The van der Waals surface area contributed by atoms with Crippen LogP contribution in [0.15, 0.2) is 16.6 Å². The van der Waals surface area contributed by atoms with Crippen molar-refractivity contribution in [3.8, 4) is 5.75 Å². The van der Waals surface area contributed by atoms with E-state index in [2.05, 4.69) is 15.9 Å².